The summed E-state index contributed by atoms with van der Waals surface area (Å²) in [5, 5.41) is 13.9. The van der Waals surface area contributed by atoms with Gasteiger partial charge < -0.3 is 10.6 Å². The van der Waals surface area contributed by atoms with E-state index in [1.807, 2.05) is 24.3 Å². The third-order valence-corrected chi connectivity index (χ3v) is 3.30. The number of hydrogen-bond acceptors (Lipinski definition) is 6. The zero-order valence-electron chi connectivity index (χ0n) is 12.9. The van der Waals surface area contributed by atoms with Gasteiger partial charge in [0.15, 0.2) is 5.69 Å². The molecule has 0 radical (unpaired) electrons. The van der Waals surface area contributed by atoms with Crippen LogP contribution in [0.1, 0.15) is 21.6 Å². The number of carbonyl (C=O) groups is 1. The van der Waals surface area contributed by atoms with E-state index in [2.05, 4.69) is 30.8 Å². The molecule has 0 saturated carbocycles. The Morgan fingerprint density at radius 3 is 2.46 bits per heavy atom. The molecule has 0 aliphatic heterocycles. The molecule has 0 spiro atoms. The van der Waals surface area contributed by atoms with Gasteiger partial charge in [0.1, 0.15) is 5.82 Å². The van der Waals surface area contributed by atoms with Crippen LogP contribution in [0, 0.1) is 0 Å². The van der Waals surface area contributed by atoms with Gasteiger partial charge >= 0.3 is 0 Å². The summed E-state index contributed by atoms with van der Waals surface area (Å²) in [6.07, 6.45) is 6.86. The van der Waals surface area contributed by atoms with Crippen molar-refractivity contribution in [3.63, 3.8) is 0 Å². The van der Waals surface area contributed by atoms with Crippen LogP contribution in [-0.4, -0.2) is 26.1 Å². The highest BCUT2D eigenvalue weighted by atomic mass is 16.1. The van der Waals surface area contributed by atoms with E-state index in [4.69, 9.17) is 0 Å². The highest BCUT2D eigenvalue weighted by Gasteiger charge is 2.08. The molecule has 3 aromatic rings. The molecule has 7 heteroatoms. The molecule has 3 heterocycles. The molecule has 0 saturated heterocycles. The second kappa shape index (κ2) is 7.77. The average molecular weight is 320 g/mol. The standard InChI is InChI=1S/C17H16N6O/c24-17(21-12-14-2-1-7-19-10-14)15-3-4-16(23-22-15)20-11-13-5-8-18-9-6-13/h1-10H,11-12H2,(H,20,23)(H,21,24). The van der Waals surface area contributed by atoms with Crippen LogP contribution in [0.3, 0.4) is 0 Å². The Kier molecular flexibility index (Phi) is 5.03. The maximum Gasteiger partial charge on any atom is 0.272 e. The molecule has 0 fully saturated rings. The van der Waals surface area contributed by atoms with E-state index < -0.39 is 0 Å². The number of nitrogens with zero attached hydrogens (tertiary/aromatic N) is 4. The first kappa shape index (κ1) is 15.5. The van der Waals surface area contributed by atoms with Crippen LogP contribution in [-0.2, 0) is 13.1 Å². The molecule has 0 atom stereocenters. The lowest BCUT2D eigenvalue weighted by Crippen LogP contribution is -2.24. The lowest BCUT2D eigenvalue weighted by atomic mass is 10.2. The fourth-order valence-electron chi connectivity index (χ4n) is 2.02. The summed E-state index contributed by atoms with van der Waals surface area (Å²) in [6.45, 7) is 1.01. The highest BCUT2D eigenvalue weighted by molar-refractivity contribution is 5.92. The lowest BCUT2D eigenvalue weighted by Gasteiger charge is -2.06. The van der Waals surface area contributed by atoms with Crippen LogP contribution < -0.4 is 10.6 Å². The number of anilines is 1. The van der Waals surface area contributed by atoms with Crippen molar-refractivity contribution in [3.8, 4) is 0 Å². The average Bonchev–Trinajstić information content (AvgIpc) is 2.66. The Morgan fingerprint density at radius 1 is 0.875 bits per heavy atom. The molecule has 3 aromatic heterocycles. The second-order valence-electron chi connectivity index (χ2n) is 5.06. The minimum absolute atomic E-state index is 0.271. The van der Waals surface area contributed by atoms with Gasteiger partial charge in [0.05, 0.1) is 0 Å². The normalized spacial score (nSPS) is 10.2. The minimum atomic E-state index is -0.271. The van der Waals surface area contributed by atoms with Gasteiger partial charge in [0, 0.05) is 37.9 Å². The van der Waals surface area contributed by atoms with Crippen molar-refractivity contribution in [2.24, 2.45) is 0 Å². The number of amides is 1. The fraction of sp³-hybridized carbons (Fsp3) is 0.118. The van der Waals surface area contributed by atoms with E-state index >= 15 is 0 Å². The number of rotatable bonds is 6. The quantitative estimate of drug-likeness (QED) is 0.719. The van der Waals surface area contributed by atoms with Gasteiger partial charge in [-0.1, -0.05) is 6.07 Å². The Balaban J connectivity index is 1.53. The van der Waals surface area contributed by atoms with Gasteiger partial charge in [-0.05, 0) is 41.5 Å². The molecule has 0 bridgehead atoms. The predicted octanol–water partition coefficient (Wildman–Crippen LogP) is 1.81. The monoisotopic (exact) mass is 320 g/mol. The van der Waals surface area contributed by atoms with Crippen LogP contribution in [0.25, 0.3) is 0 Å². The van der Waals surface area contributed by atoms with Crippen LogP contribution >= 0.6 is 0 Å². The first-order chi connectivity index (χ1) is 11.8. The maximum atomic E-state index is 12.0. The van der Waals surface area contributed by atoms with Crippen molar-refractivity contribution in [1.82, 2.24) is 25.5 Å². The molecule has 7 nitrogen and oxygen atoms in total. The highest BCUT2D eigenvalue weighted by Crippen LogP contribution is 2.05. The van der Waals surface area contributed by atoms with Crippen LogP contribution in [0.15, 0.2) is 61.2 Å². The Morgan fingerprint density at radius 2 is 1.75 bits per heavy atom. The largest absolute Gasteiger partial charge is 0.365 e. The van der Waals surface area contributed by atoms with Crippen molar-refractivity contribution >= 4 is 11.7 Å². The van der Waals surface area contributed by atoms with Crippen LogP contribution in [0.2, 0.25) is 0 Å². The lowest BCUT2D eigenvalue weighted by molar-refractivity contribution is 0.0945. The molecular weight excluding hydrogens is 304 g/mol. The number of hydrogen-bond donors (Lipinski definition) is 2. The number of pyridine rings is 2. The van der Waals surface area contributed by atoms with E-state index in [1.165, 1.54) is 0 Å². The Labute approximate surface area is 139 Å². The molecule has 0 aliphatic rings. The molecule has 1 amide bonds. The summed E-state index contributed by atoms with van der Waals surface area (Å²) < 4.78 is 0. The van der Waals surface area contributed by atoms with Gasteiger partial charge in [0.25, 0.3) is 5.91 Å². The van der Waals surface area contributed by atoms with Crippen molar-refractivity contribution < 1.29 is 4.79 Å². The predicted molar refractivity (Wildman–Crippen MR) is 89.0 cm³/mol. The second-order valence-corrected chi connectivity index (χ2v) is 5.06. The zero-order valence-corrected chi connectivity index (χ0v) is 12.9. The first-order valence-electron chi connectivity index (χ1n) is 7.45. The summed E-state index contributed by atoms with van der Waals surface area (Å²) in [6, 6.07) is 10.9. The summed E-state index contributed by atoms with van der Waals surface area (Å²) in [4.78, 5) is 20.0. The summed E-state index contributed by atoms with van der Waals surface area (Å²) in [5.41, 5.74) is 2.29. The van der Waals surface area contributed by atoms with E-state index in [1.54, 1.807) is 36.9 Å². The molecule has 24 heavy (non-hydrogen) atoms. The topological polar surface area (TPSA) is 92.7 Å². The summed E-state index contributed by atoms with van der Waals surface area (Å²) in [7, 11) is 0. The van der Waals surface area contributed by atoms with Gasteiger partial charge in [0.2, 0.25) is 0 Å². The number of aromatic nitrogens is 4. The molecule has 0 unspecified atom stereocenters. The van der Waals surface area contributed by atoms with Crippen molar-refractivity contribution in [2.75, 3.05) is 5.32 Å². The third kappa shape index (κ3) is 4.33. The van der Waals surface area contributed by atoms with E-state index in [-0.39, 0.29) is 11.6 Å². The van der Waals surface area contributed by atoms with Crippen molar-refractivity contribution in [1.29, 1.82) is 0 Å². The van der Waals surface area contributed by atoms with Gasteiger partial charge in [-0.2, -0.15) is 0 Å². The van der Waals surface area contributed by atoms with Gasteiger partial charge in [-0.3, -0.25) is 14.8 Å². The third-order valence-electron chi connectivity index (χ3n) is 3.30. The molecule has 120 valence electrons. The van der Waals surface area contributed by atoms with Gasteiger partial charge in [-0.15, -0.1) is 10.2 Å². The van der Waals surface area contributed by atoms with E-state index in [0.29, 0.717) is 18.9 Å². The van der Waals surface area contributed by atoms with Crippen LogP contribution in [0.4, 0.5) is 5.82 Å². The molecular formula is C17H16N6O. The Bertz CT molecular complexity index is 777. The fourth-order valence-corrected chi connectivity index (χ4v) is 2.02. The van der Waals surface area contributed by atoms with Crippen molar-refractivity contribution in [2.45, 2.75) is 13.1 Å². The van der Waals surface area contributed by atoms with Gasteiger partial charge in [-0.25, -0.2) is 0 Å². The molecule has 3 rings (SSSR count). The van der Waals surface area contributed by atoms with E-state index in [0.717, 1.165) is 11.1 Å². The first-order valence-corrected chi connectivity index (χ1v) is 7.45. The zero-order chi connectivity index (χ0) is 16.6. The maximum absolute atomic E-state index is 12.0. The Hall–Kier alpha value is -3.35. The summed E-state index contributed by atoms with van der Waals surface area (Å²) in [5.74, 6) is 0.336. The minimum Gasteiger partial charge on any atom is -0.365 e. The SMILES string of the molecule is O=C(NCc1cccnc1)c1ccc(NCc2ccncc2)nn1. The molecule has 0 aliphatic carbocycles. The number of carbonyl (C=O) groups excluding carboxylic acids is 1. The molecule has 2 N–H and O–H groups in total. The van der Waals surface area contributed by atoms with E-state index in [9.17, 15) is 4.79 Å². The summed E-state index contributed by atoms with van der Waals surface area (Å²) >= 11 is 0. The van der Waals surface area contributed by atoms with Crippen molar-refractivity contribution in [3.05, 3.63) is 78.0 Å². The van der Waals surface area contributed by atoms with Crippen LogP contribution in [0.5, 0.6) is 0 Å². The smallest absolute Gasteiger partial charge is 0.272 e. The molecule has 0 aromatic carbocycles. The number of nitrogens with one attached hydrogen (secondary N) is 2.